The number of carbonyl (C=O) groups excluding carboxylic acids is 3. The molecule has 0 spiro atoms. The Labute approximate surface area is 122 Å². The highest BCUT2D eigenvalue weighted by atomic mass is 16.5. The number of hydrogen-bond donors (Lipinski definition) is 2. The van der Waals surface area contributed by atoms with Gasteiger partial charge in [0.15, 0.2) is 6.61 Å². The third-order valence-electron chi connectivity index (χ3n) is 3.22. The number of benzene rings is 1. The van der Waals surface area contributed by atoms with Gasteiger partial charge in [-0.05, 0) is 30.5 Å². The third kappa shape index (κ3) is 4.59. The van der Waals surface area contributed by atoms with Crippen LogP contribution in [0.15, 0.2) is 24.3 Å². The summed E-state index contributed by atoms with van der Waals surface area (Å²) in [6.07, 6.45) is 0.833. The molecule has 0 bridgehead atoms. The molecule has 1 saturated carbocycles. The van der Waals surface area contributed by atoms with Crippen LogP contribution in [0.5, 0.6) is 0 Å². The summed E-state index contributed by atoms with van der Waals surface area (Å²) in [5.74, 6) is -0.608. The van der Waals surface area contributed by atoms with Crippen LogP contribution in [-0.4, -0.2) is 24.4 Å². The van der Waals surface area contributed by atoms with Crippen molar-refractivity contribution in [1.29, 1.82) is 0 Å². The molecule has 21 heavy (non-hydrogen) atoms. The lowest BCUT2D eigenvalue weighted by Gasteiger charge is -2.08. The molecule has 0 heterocycles. The van der Waals surface area contributed by atoms with E-state index in [2.05, 4.69) is 10.6 Å². The number of anilines is 2. The van der Waals surface area contributed by atoms with E-state index >= 15 is 0 Å². The molecule has 1 aliphatic carbocycles. The average molecular weight is 290 g/mol. The second kappa shape index (κ2) is 6.39. The fourth-order valence-corrected chi connectivity index (χ4v) is 1.97. The second-order valence-corrected chi connectivity index (χ2v) is 5.24. The number of nitrogens with one attached hydrogen (secondary N) is 2. The summed E-state index contributed by atoms with van der Waals surface area (Å²) in [6, 6.07) is 6.74. The normalized spacial score (nSPS) is 19.5. The molecule has 1 aromatic rings. The minimum absolute atomic E-state index is 0.0547. The minimum atomic E-state index is -0.406. The number of ether oxygens (including phenoxy) is 1. The van der Waals surface area contributed by atoms with Gasteiger partial charge in [-0.3, -0.25) is 14.4 Å². The first-order valence-corrected chi connectivity index (χ1v) is 6.80. The van der Waals surface area contributed by atoms with E-state index < -0.39 is 5.91 Å². The van der Waals surface area contributed by atoms with E-state index in [1.807, 2.05) is 6.92 Å². The molecule has 2 rings (SSSR count). The minimum Gasteiger partial charge on any atom is -0.455 e. The van der Waals surface area contributed by atoms with E-state index in [1.54, 1.807) is 24.3 Å². The van der Waals surface area contributed by atoms with Gasteiger partial charge in [0.05, 0.1) is 5.92 Å². The van der Waals surface area contributed by atoms with E-state index in [0.29, 0.717) is 17.3 Å². The van der Waals surface area contributed by atoms with E-state index in [-0.39, 0.29) is 24.4 Å². The van der Waals surface area contributed by atoms with Gasteiger partial charge in [0.25, 0.3) is 5.91 Å². The molecule has 2 atom stereocenters. The molecule has 0 unspecified atom stereocenters. The summed E-state index contributed by atoms with van der Waals surface area (Å²) in [5, 5.41) is 5.24. The maximum absolute atomic E-state index is 11.7. The maximum Gasteiger partial charge on any atom is 0.309 e. The molecule has 6 nitrogen and oxygen atoms in total. The Hall–Kier alpha value is -2.37. The van der Waals surface area contributed by atoms with Crippen LogP contribution in [0.1, 0.15) is 20.3 Å². The van der Waals surface area contributed by atoms with Crippen LogP contribution in [-0.2, 0) is 19.1 Å². The Morgan fingerprint density at radius 2 is 1.86 bits per heavy atom. The van der Waals surface area contributed by atoms with E-state index in [9.17, 15) is 14.4 Å². The zero-order chi connectivity index (χ0) is 15.4. The summed E-state index contributed by atoms with van der Waals surface area (Å²) in [7, 11) is 0. The molecular weight excluding hydrogens is 272 g/mol. The Morgan fingerprint density at radius 1 is 1.24 bits per heavy atom. The van der Waals surface area contributed by atoms with Crippen molar-refractivity contribution in [3.63, 3.8) is 0 Å². The van der Waals surface area contributed by atoms with Crippen molar-refractivity contribution in [3.8, 4) is 0 Å². The SMILES string of the molecule is CC(=O)Nc1cccc(NC(=O)COC(=O)[C@H]2C[C@@H]2C)c1. The fraction of sp³-hybridized carbons (Fsp3) is 0.400. The van der Waals surface area contributed by atoms with Crippen molar-refractivity contribution in [1.82, 2.24) is 0 Å². The highest BCUT2D eigenvalue weighted by molar-refractivity contribution is 5.94. The zero-order valence-corrected chi connectivity index (χ0v) is 12.0. The largest absolute Gasteiger partial charge is 0.455 e. The molecule has 1 aromatic carbocycles. The van der Waals surface area contributed by atoms with Gasteiger partial charge < -0.3 is 15.4 Å². The summed E-state index contributed by atoms with van der Waals surface area (Å²) in [4.78, 5) is 34.2. The second-order valence-electron chi connectivity index (χ2n) is 5.24. The van der Waals surface area contributed by atoms with Gasteiger partial charge in [0, 0.05) is 18.3 Å². The highest BCUT2D eigenvalue weighted by Gasteiger charge is 2.40. The van der Waals surface area contributed by atoms with Crippen molar-refractivity contribution < 1.29 is 19.1 Å². The van der Waals surface area contributed by atoms with Gasteiger partial charge in [-0.15, -0.1) is 0 Å². The molecule has 0 aromatic heterocycles. The standard InChI is InChI=1S/C15H18N2O4/c1-9-6-13(9)15(20)21-8-14(19)17-12-5-3-4-11(7-12)16-10(2)18/h3-5,7,9,13H,6,8H2,1-2H3,(H,16,18)(H,17,19)/t9-,13-/m0/s1. The first kappa shape index (κ1) is 15.0. The van der Waals surface area contributed by atoms with Crippen LogP contribution < -0.4 is 10.6 Å². The smallest absolute Gasteiger partial charge is 0.309 e. The molecule has 0 radical (unpaired) electrons. The molecule has 112 valence electrons. The summed E-state index contributed by atoms with van der Waals surface area (Å²) in [6.45, 7) is 3.08. The number of amides is 2. The monoisotopic (exact) mass is 290 g/mol. The topological polar surface area (TPSA) is 84.5 Å². The Balaban J connectivity index is 1.81. The van der Waals surface area contributed by atoms with E-state index in [4.69, 9.17) is 4.74 Å². The fourth-order valence-electron chi connectivity index (χ4n) is 1.97. The number of carbonyl (C=O) groups is 3. The van der Waals surface area contributed by atoms with Gasteiger partial charge in [0.2, 0.25) is 5.91 Å². The molecule has 1 aliphatic rings. The van der Waals surface area contributed by atoms with Crippen molar-refractivity contribution in [3.05, 3.63) is 24.3 Å². The Morgan fingerprint density at radius 3 is 2.43 bits per heavy atom. The summed E-state index contributed by atoms with van der Waals surface area (Å²) < 4.78 is 4.94. The Kier molecular flexibility index (Phi) is 4.57. The van der Waals surface area contributed by atoms with Crippen LogP contribution in [0.3, 0.4) is 0 Å². The van der Waals surface area contributed by atoms with E-state index in [0.717, 1.165) is 6.42 Å². The molecule has 1 fully saturated rings. The van der Waals surface area contributed by atoms with Gasteiger partial charge in [0.1, 0.15) is 0 Å². The van der Waals surface area contributed by atoms with Crippen LogP contribution in [0.4, 0.5) is 11.4 Å². The van der Waals surface area contributed by atoms with Crippen molar-refractivity contribution in [2.75, 3.05) is 17.2 Å². The predicted molar refractivity (Wildman–Crippen MR) is 77.6 cm³/mol. The van der Waals surface area contributed by atoms with Crippen molar-refractivity contribution >= 4 is 29.2 Å². The summed E-state index contributed by atoms with van der Waals surface area (Å²) in [5.41, 5.74) is 1.12. The predicted octanol–water partition coefficient (Wildman–Crippen LogP) is 1.78. The molecule has 2 N–H and O–H groups in total. The summed E-state index contributed by atoms with van der Waals surface area (Å²) >= 11 is 0. The molecular formula is C15H18N2O4. The van der Waals surface area contributed by atoms with Crippen molar-refractivity contribution in [2.45, 2.75) is 20.3 Å². The van der Waals surface area contributed by atoms with E-state index in [1.165, 1.54) is 6.92 Å². The number of esters is 1. The van der Waals surface area contributed by atoms with Crippen molar-refractivity contribution in [2.24, 2.45) is 11.8 Å². The van der Waals surface area contributed by atoms with Crippen LogP contribution in [0.25, 0.3) is 0 Å². The molecule has 2 amide bonds. The van der Waals surface area contributed by atoms with Gasteiger partial charge in [-0.2, -0.15) is 0 Å². The quantitative estimate of drug-likeness (QED) is 0.810. The van der Waals surface area contributed by atoms with Gasteiger partial charge in [-0.25, -0.2) is 0 Å². The average Bonchev–Trinajstić information content (AvgIpc) is 3.13. The Bertz CT molecular complexity index is 571. The number of hydrogen-bond acceptors (Lipinski definition) is 4. The van der Waals surface area contributed by atoms with Crippen LogP contribution in [0, 0.1) is 11.8 Å². The first-order chi connectivity index (χ1) is 9.95. The lowest BCUT2D eigenvalue weighted by atomic mass is 10.2. The first-order valence-electron chi connectivity index (χ1n) is 6.80. The third-order valence-corrected chi connectivity index (χ3v) is 3.22. The molecule has 0 aliphatic heterocycles. The molecule has 6 heteroatoms. The maximum atomic E-state index is 11.7. The number of rotatable bonds is 5. The van der Waals surface area contributed by atoms with Gasteiger partial charge in [-0.1, -0.05) is 13.0 Å². The van der Waals surface area contributed by atoms with Crippen LogP contribution in [0.2, 0.25) is 0 Å². The van der Waals surface area contributed by atoms with Gasteiger partial charge >= 0.3 is 5.97 Å². The zero-order valence-electron chi connectivity index (χ0n) is 12.0. The van der Waals surface area contributed by atoms with Crippen LogP contribution >= 0.6 is 0 Å². The highest BCUT2D eigenvalue weighted by Crippen LogP contribution is 2.38. The molecule has 0 saturated heterocycles. The lowest BCUT2D eigenvalue weighted by Crippen LogP contribution is -2.21. The lowest BCUT2D eigenvalue weighted by molar-refractivity contribution is -0.148.